The van der Waals surface area contributed by atoms with Crippen LogP contribution in [0.5, 0.6) is 0 Å². The third-order valence-electron chi connectivity index (χ3n) is 1.71. The normalized spacial score (nSPS) is 10.5. The van der Waals surface area contributed by atoms with Gasteiger partial charge >= 0.3 is 0 Å². The summed E-state index contributed by atoms with van der Waals surface area (Å²) in [4.78, 5) is 0. The third kappa shape index (κ3) is 2.65. The van der Waals surface area contributed by atoms with E-state index in [-0.39, 0.29) is 5.82 Å². The van der Waals surface area contributed by atoms with Crippen molar-refractivity contribution in [3.05, 3.63) is 29.6 Å². The molecule has 0 fully saturated rings. The Kier molecular flexibility index (Phi) is 3.17. The Morgan fingerprint density at radius 1 is 1.38 bits per heavy atom. The van der Waals surface area contributed by atoms with Gasteiger partial charge in [-0.3, -0.25) is 0 Å². The maximum atomic E-state index is 12.9. The maximum Gasteiger partial charge on any atom is 0.255 e. The van der Waals surface area contributed by atoms with E-state index in [9.17, 15) is 13.2 Å². The lowest BCUT2D eigenvalue weighted by molar-refractivity contribution is 0.163. The quantitative estimate of drug-likeness (QED) is 0.770. The highest BCUT2D eigenvalue weighted by Crippen LogP contribution is 2.17. The van der Waals surface area contributed by atoms with E-state index in [0.29, 0.717) is 11.3 Å². The molecule has 72 valence electrons. The first kappa shape index (κ1) is 9.89. The smallest absolute Gasteiger partial charge is 0.255 e. The Morgan fingerprint density at radius 3 is 2.69 bits per heavy atom. The van der Waals surface area contributed by atoms with E-state index in [1.165, 1.54) is 12.1 Å². The zero-order valence-corrected chi connectivity index (χ0v) is 7.15. The van der Waals surface area contributed by atoms with Crippen LogP contribution in [0.15, 0.2) is 18.2 Å². The Hall–Kier alpha value is -1.19. The Labute approximate surface area is 74.6 Å². The van der Waals surface area contributed by atoms with Crippen LogP contribution in [0.2, 0.25) is 0 Å². The highest BCUT2D eigenvalue weighted by Gasteiger charge is 2.05. The van der Waals surface area contributed by atoms with Crippen LogP contribution < -0.4 is 5.32 Å². The maximum absolute atomic E-state index is 12.9. The molecule has 13 heavy (non-hydrogen) atoms. The van der Waals surface area contributed by atoms with Crippen LogP contribution in [0.25, 0.3) is 0 Å². The molecule has 0 unspecified atom stereocenters. The van der Waals surface area contributed by atoms with Crippen molar-refractivity contribution in [3.63, 3.8) is 0 Å². The van der Waals surface area contributed by atoms with Crippen molar-refractivity contribution in [2.45, 2.75) is 13.3 Å². The Morgan fingerprint density at radius 2 is 2.08 bits per heavy atom. The molecule has 1 nitrogen and oxygen atoms in total. The van der Waals surface area contributed by atoms with Crippen molar-refractivity contribution < 1.29 is 13.2 Å². The van der Waals surface area contributed by atoms with Crippen LogP contribution in [0.1, 0.15) is 5.56 Å². The molecule has 0 aliphatic rings. The van der Waals surface area contributed by atoms with E-state index >= 15 is 0 Å². The number of rotatable bonds is 3. The number of halogens is 3. The lowest BCUT2D eigenvalue weighted by Gasteiger charge is -2.08. The second-order valence-corrected chi connectivity index (χ2v) is 2.68. The minimum Gasteiger partial charge on any atom is -0.379 e. The fraction of sp³-hybridized carbons (Fsp3) is 0.333. The van der Waals surface area contributed by atoms with Gasteiger partial charge in [-0.2, -0.15) is 0 Å². The van der Waals surface area contributed by atoms with Gasteiger partial charge in [-0.15, -0.1) is 0 Å². The molecule has 0 atom stereocenters. The second-order valence-electron chi connectivity index (χ2n) is 2.68. The molecule has 0 saturated carbocycles. The van der Waals surface area contributed by atoms with Gasteiger partial charge in [0.25, 0.3) is 6.43 Å². The van der Waals surface area contributed by atoms with Crippen LogP contribution in [0.3, 0.4) is 0 Å². The first-order valence-electron chi connectivity index (χ1n) is 3.88. The molecule has 0 saturated heterocycles. The summed E-state index contributed by atoms with van der Waals surface area (Å²) in [5, 5.41) is 2.46. The molecule has 0 bridgehead atoms. The lowest BCUT2D eigenvalue weighted by Crippen LogP contribution is -2.11. The second kappa shape index (κ2) is 4.16. The Balaban J connectivity index is 2.71. The average molecular weight is 189 g/mol. The van der Waals surface area contributed by atoms with Gasteiger partial charge in [0.2, 0.25) is 0 Å². The minimum atomic E-state index is -2.43. The molecule has 0 aliphatic carbocycles. The van der Waals surface area contributed by atoms with Crippen molar-refractivity contribution >= 4 is 5.69 Å². The fourth-order valence-electron chi connectivity index (χ4n) is 0.986. The van der Waals surface area contributed by atoms with Crippen LogP contribution in [-0.2, 0) is 0 Å². The van der Waals surface area contributed by atoms with Crippen molar-refractivity contribution in [1.82, 2.24) is 0 Å². The molecule has 4 heteroatoms. The first-order chi connectivity index (χ1) is 6.11. The number of anilines is 1. The monoisotopic (exact) mass is 189 g/mol. The summed E-state index contributed by atoms with van der Waals surface area (Å²) in [6, 6.07) is 4.35. The van der Waals surface area contributed by atoms with Gasteiger partial charge in [0.1, 0.15) is 5.82 Å². The number of hydrogen-bond donors (Lipinski definition) is 1. The average Bonchev–Trinajstić information content (AvgIpc) is 2.07. The summed E-state index contributed by atoms with van der Waals surface area (Å²) < 4.78 is 36.5. The predicted molar refractivity (Wildman–Crippen MR) is 45.6 cm³/mol. The van der Waals surface area contributed by atoms with Gasteiger partial charge < -0.3 is 5.32 Å². The SMILES string of the molecule is Cc1c(F)cccc1NCC(F)F. The summed E-state index contributed by atoms with van der Waals surface area (Å²) in [5.74, 6) is -0.390. The van der Waals surface area contributed by atoms with Gasteiger partial charge in [0.15, 0.2) is 0 Å². The van der Waals surface area contributed by atoms with Crippen molar-refractivity contribution in [2.24, 2.45) is 0 Å². The number of benzene rings is 1. The third-order valence-corrected chi connectivity index (χ3v) is 1.71. The number of hydrogen-bond acceptors (Lipinski definition) is 1. The summed E-state index contributed by atoms with van der Waals surface area (Å²) in [6.45, 7) is 1.09. The van der Waals surface area contributed by atoms with Crippen LogP contribution in [0, 0.1) is 12.7 Å². The van der Waals surface area contributed by atoms with E-state index in [4.69, 9.17) is 0 Å². The van der Waals surface area contributed by atoms with E-state index in [1.807, 2.05) is 0 Å². The summed E-state index contributed by atoms with van der Waals surface area (Å²) in [6.07, 6.45) is -2.43. The van der Waals surface area contributed by atoms with Crippen molar-refractivity contribution in [3.8, 4) is 0 Å². The number of nitrogens with one attached hydrogen (secondary N) is 1. The highest BCUT2D eigenvalue weighted by atomic mass is 19.3. The molecule has 1 rings (SSSR count). The van der Waals surface area contributed by atoms with Crippen molar-refractivity contribution in [2.75, 3.05) is 11.9 Å². The predicted octanol–water partition coefficient (Wildman–Crippen LogP) is 2.81. The summed E-state index contributed by atoms with van der Waals surface area (Å²) >= 11 is 0. The number of alkyl halides is 2. The molecule has 0 aromatic heterocycles. The van der Waals surface area contributed by atoms with E-state index in [0.717, 1.165) is 0 Å². The molecular formula is C9H10F3N. The van der Waals surface area contributed by atoms with Crippen molar-refractivity contribution in [1.29, 1.82) is 0 Å². The minimum absolute atomic E-state index is 0.364. The molecule has 0 heterocycles. The van der Waals surface area contributed by atoms with Crippen LogP contribution >= 0.6 is 0 Å². The molecular weight excluding hydrogens is 179 g/mol. The van der Waals surface area contributed by atoms with Crippen LogP contribution in [0.4, 0.5) is 18.9 Å². The zero-order valence-electron chi connectivity index (χ0n) is 7.15. The fourth-order valence-corrected chi connectivity index (χ4v) is 0.986. The topological polar surface area (TPSA) is 12.0 Å². The van der Waals surface area contributed by atoms with E-state index in [2.05, 4.69) is 5.32 Å². The Bertz CT molecular complexity index is 286. The molecule has 1 N–H and O–H groups in total. The summed E-state index contributed by atoms with van der Waals surface area (Å²) in [5.41, 5.74) is 0.781. The van der Waals surface area contributed by atoms with E-state index in [1.54, 1.807) is 13.0 Å². The molecule has 0 radical (unpaired) electrons. The lowest BCUT2D eigenvalue weighted by atomic mass is 10.2. The first-order valence-corrected chi connectivity index (χ1v) is 3.88. The molecule has 0 aliphatic heterocycles. The highest BCUT2D eigenvalue weighted by molar-refractivity contribution is 5.50. The standard InChI is InChI=1S/C9H10F3N/c1-6-7(10)3-2-4-8(6)13-5-9(11)12/h2-4,9,13H,5H2,1H3. The molecule has 0 spiro atoms. The van der Waals surface area contributed by atoms with Crippen LogP contribution in [-0.4, -0.2) is 13.0 Å². The van der Waals surface area contributed by atoms with Gasteiger partial charge in [0.05, 0.1) is 6.54 Å². The van der Waals surface area contributed by atoms with Gasteiger partial charge in [-0.1, -0.05) is 6.07 Å². The molecule has 1 aromatic carbocycles. The summed E-state index contributed by atoms with van der Waals surface area (Å²) in [7, 11) is 0. The van der Waals surface area contributed by atoms with Gasteiger partial charge in [0, 0.05) is 11.3 Å². The molecule has 0 amide bonds. The van der Waals surface area contributed by atoms with Gasteiger partial charge in [-0.25, -0.2) is 13.2 Å². The zero-order chi connectivity index (χ0) is 9.84. The largest absolute Gasteiger partial charge is 0.379 e. The van der Waals surface area contributed by atoms with E-state index < -0.39 is 13.0 Å². The van der Waals surface area contributed by atoms with Gasteiger partial charge in [-0.05, 0) is 19.1 Å². The molecule has 1 aromatic rings.